The topological polar surface area (TPSA) is 72.8 Å². The third-order valence-electron chi connectivity index (χ3n) is 1.70. The normalized spacial score (nSPS) is 11.0. The Kier molecular flexibility index (Phi) is 5.87. The van der Waals surface area contributed by atoms with E-state index in [1.165, 1.54) is 0 Å². The number of aliphatic carboxylic acids is 1. The Morgan fingerprint density at radius 2 is 2.14 bits per heavy atom. The second-order valence-corrected chi connectivity index (χ2v) is 3.51. The number of rotatable bonds is 8. The molecule has 0 unspecified atom stereocenters. The molecular weight excluding hydrogens is 188 g/mol. The van der Waals surface area contributed by atoms with E-state index in [-0.39, 0.29) is 6.61 Å². The molecule has 0 fully saturated rings. The Bertz CT molecular complexity index is 188. The fraction of sp³-hybridized carbons (Fsp3) is 0.778. The summed E-state index contributed by atoms with van der Waals surface area (Å²) in [5.74, 6) is -0.984. The Hall–Kier alpha value is -1.10. The van der Waals surface area contributed by atoms with Crippen LogP contribution in [-0.2, 0) is 19.1 Å². The lowest BCUT2D eigenvalue weighted by atomic mass is 10.0. The SMILES string of the molecule is CC(C)(CCCOC=O)OCC(=O)O. The first-order chi connectivity index (χ1) is 6.48. The summed E-state index contributed by atoms with van der Waals surface area (Å²) in [7, 11) is 0. The zero-order valence-electron chi connectivity index (χ0n) is 8.49. The lowest BCUT2D eigenvalue weighted by Gasteiger charge is -2.23. The maximum absolute atomic E-state index is 10.2. The van der Waals surface area contributed by atoms with Crippen molar-refractivity contribution in [1.82, 2.24) is 0 Å². The molecule has 5 nitrogen and oxygen atoms in total. The molecule has 0 radical (unpaired) electrons. The van der Waals surface area contributed by atoms with Gasteiger partial charge in [-0.05, 0) is 26.7 Å². The summed E-state index contributed by atoms with van der Waals surface area (Å²) in [6.45, 7) is 4.03. The van der Waals surface area contributed by atoms with Crippen molar-refractivity contribution in [1.29, 1.82) is 0 Å². The molecule has 0 aromatic rings. The number of hydrogen-bond acceptors (Lipinski definition) is 4. The van der Waals surface area contributed by atoms with Gasteiger partial charge in [0.1, 0.15) is 6.61 Å². The van der Waals surface area contributed by atoms with Crippen LogP contribution in [-0.4, -0.2) is 36.4 Å². The van der Waals surface area contributed by atoms with Crippen LogP contribution in [0.2, 0.25) is 0 Å². The Labute approximate surface area is 83.0 Å². The summed E-state index contributed by atoms with van der Waals surface area (Å²) in [4.78, 5) is 20.0. The van der Waals surface area contributed by atoms with Gasteiger partial charge in [-0.1, -0.05) is 0 Å². The van der Waals surface area contributed by atoms with E-state index in [2.05, 4.69) is 4.74 Å². The molecule has 0 bridgehead atoms. The van der Waals surface area contributed by atoms with Crippen LogP contribution in [0, 0.1) is 0 Å². The molecule has 0 saturated heterocycles. The average Bonchev–Trinajstić information content (AvgIpc) is 2.10. The van der Waals surface area contributed by atoms with Crippen LogP contribution in [0.4, 0.5) is 0 Å². The largest absolute Gasteiger partial charge is 0.480 e. The van der Waals surface area contributed by atoms with Crippen molar-refractivity contribution in [3.05, 3.63) is 0 Å². The van der Waals surface area contributed by atoms with Crippen molar-refractivity contribution >= 4 is 12.4 Å². The Morgan fingerprint density at radius 1 is 1.50 bits per heavy atom. The first kappa shape index (κ1) is 12.9. The van der Waals surface area contributed by atoms with E-state index < -0.39 is 11.6 Å². The summed E-state index contributed by atoms with van der Waals surface area (Å²) in [5.41, 5.74) is -0.495. The van der Waals surface area contributed by atoms with Crippen LogP contribution < -0.4 is 0 Å². The first-order valence-corrected chi connectivity index (χ1v) is 4.39. The van der Waals surface area contributed by atoms with Gasteiger partial charge in [-0.25, -0.2) is 4.79 Å². The Balaban J connectivity index is 3.60. The third kappa shape index (κ3) is 7.54. The number of carbonyl (C=O) groups is 2. The predicted octanol–water partition coefficient (Wildman–Crippen LogP) is 0.819. The molecule has 0 amide bonds. The van der Waals surface area contributed by atoms with Crippen molar-refractivity contribution in [2.45, 2.75) is 32.3 Å². The van der Waals surface area contributed by atoms with Crippen molar-refractivity contribution in [3.63, 3.8) is 0 Å². The average molecular weight is 204 g/mol. The molecule has 0 aliphatic rings. The summed E-state index contributed by atoms with van der Waals surface area (Å²) < 4.78 is 9.63. The maximum Gasteiger partial charge on any atom is 0.329 e. The fourth-order valence-corrected chi connectivity index (χ4v) is 0.959. The van der Waals surface area contributed by atoms with E-state index >= 15 is 0 Å². The summed E-state index contributed by atoms with van der Waals surface area (Å²) in [6, 6.07) is 0. The van der Waals surface area contributed by atoms with Gasteiger partial charge in [0.25, 0.3) is 6.47 Å². The zero-order valence-corrected chi connectivity index (χ0v) is 8.49. The molecular formula is C9H16O5. The maximum atomic E-state index is 10.2. The molecule has 0 atom stereocenters. The van der Waals surface area contributed by atoms with Gasteiger partial charge in [0.15, 0.2) is 0 Å². The van der Waals surface area contributed by atoms with Crippen LogP contribution in [0.1, 0.15) is 26.7 Å². The highest BCUT2D eigenvalue weighted by atomic mass is 16.5. The second-order valence-electron chi connectivity index (χ2n) is 3.51. The van der Waals surface area contributed by atoms with E-state index in [4.69, 9.17) is 9.84 Å². The molecule has 82 valence electrons. The van der Waals surface area contributed by atoms with Crippen LogP contribution in [0.15, 0.2) is 0 Å². The lowest BCUT2D eigenvalue weighted by molar-refractivity contribution is -0.148. The summed E-state index contributed by atoms with van der Waals surface area (Å²) in [5, 5.41) is 8.39. The number of hydrogen-bond donors (Lipinski definition) is 1. The lowest BCUT2D eigenvalue weighted by Crippen LogP contribution is -2.27. The van der Waals surface area contributed by atoms with E-state index in [9.17, 15) is 9.59 Å². The number of carbonyl (C=O) groups excluding carboxylic acids is 1. The van der Waals surface area contributed by atoms with Crippen LogP contribution >= 0.6 is 0 Å². The minimum atomic E-state index is -0.984. The zero-order chi connectivity index (χ0) is 11.0. The molecule has 5 heteroatoms. The summed E-state index contributed by atoms with van der Waals surface area (Å²) >= 11 is 0. The number of carboxylic acid groups (broad SMARTS) is 1. The van der Waals surface area contributed by atoms with Crippen LogP contribution in [0.3, 0.4) is 0 Å². The molecule has 0 spiro atoms. The van der Waals surface area contributed by atoms with E-state index in [1.54, 1.807) is 13.8 Å². The van der Waals surface area contributed by atoms with Crippen molar-refractivity contribution in [3.8, 4) is 0 Å². The molecule has 0 aromatic carbocycles. The predicted molar refractivity (Wildman–Crippen MR) is 48.9 cm³/mol. The molecule has 0 aliphatic heterocycles. The van der Waals surface area contributed by atoms with Crippen molar-refractivity contribution < 1.29 is 24.2 Å². The van der Waals surface area contributed by atoms with Gasteiger partial charge in [0, 0.05) is 0 Å². The van der Waals surface area contributed by atoms with Gasteiger partial charge < -0.3 is 14.6 Å². The molecule has 0 rings (SSSR count). The minimum Gasteiger partial charge on any atom is -0.480 e. The molecule has 0 aliphatic carbocycles. The van der Waals surface area contributed by atoms with E-state index in [1.807, 2.05) is 0 Å². The monoisotopic (exact) mass is 204 g/mol. The highest BCUT2D eigenvalue weighted by Gasteiger charge is 2.19. The first-order valence-electron chi connectivity index (χ1n) is 4.39. The van der Waals surface area contributed by atoms with Gasteiger partial charge in [0.05, 0.1) is 12.2 Å². The van der Waals surface area contributed by atoms with E-state index in [0.717, 1.165) is 0 Å². The smallest absolute Gasteiger partial charge is 0.329 e. The van der Waals surface area contributed by atoms with E-state index in [0.29, 0.717) is 25.9 Å². The Morgan fingerprint density at radius 3 is 2.64 bits per heavy atom. The van der Waals surface area contributed by atoms with Crippen LogP contribution in [0.25, 0.3) is 0 Å². The van der Waals surface area contributed by atoms with Crippen molar-refractivity contribution in [2.75, 3.05) is 13.2 Å². The highest BCUT2D eigenvalue weighted by Crippen LogP contribution is 2.16. The molecule has 0 aromatic heterocycles. The molecule has 0 heterocycles. The van der Waals surface area contributed by atoms with Crippen molar-refractivity contribution in [2.24, 2.45) is 0 Å². The molecule has 1 N–H and O–H groups in total. The number of ether oxygens (including phenoxy) is 2. The van der Waals surface area contributed by atoms with Gasteiger partial charge in [0.2, 0.25) is 0 Å². The quantitative estimate of drug-likeness (QED) is 0.468. The molecule has 14 heavy (non-hydrogen) atoms. The number of carboxylic acids is 1. The van der Waals surface area contributed by atoms with Gasteiger partial charge >= 0.3 is 5.97 Å². The third-order valence-corrected chi connectivity index (χ3v) is 1.70. The van der Waals surface area contributed by atoms with Gasteiger partial charge in [-0.2, -0.15) is 0 Å². The summed E-state index contributed by atoms with van der Waals surface area (Å²) in [6.07, 6.45) is 1.31. The highest BCUT2D eigenvalue weighted by molar-refractivity contribution is 5.68. The van der Waals surface area contributed by atoms with Gasteiger partial charge in [-0.3, -0.25) is 4.79 Å². The minimum absolute atomic E-state index is 0.304. The second kappa shape index (κ2) is 6.37. The van der Waals surface area contributed by atoms with Gasteiger partial charge in [-0.15, -0.1) is 0 Å². The fourth-order valence-electron chi connectivity index (χ4n) is 0.959. The molecule has 0 saturated carbocycles. The van der Waals surface area contributed by atoms with Crippen LogP contribution in [0.5, 0.6) is 0 Å². The standard InChI is InChI=1S/C9H16O5/c1-9(2,14-6-8(11)12)4-3-5-13-7-10/h7H,3-6H2,1-2H3,(H,11,12).